The van der Waals surface area contributed by atoms with E-state index in [0.717, 1.165) is 17.1 Å². The summed E-state index contributed by atoms with van der Waals surface area (Å²) in [6.45, 7) is 3.90. The van der Waals surface area contributed by atoms with Crippen LogP contribution in [0.15, 0.2) is 42.9 Å². The van der Waals surface area contributed by atoms with Gasteiger partial charge in [-0.3, -0.25) is 9.78 Å². The van der Waals surface area contributed by atoms with Gasteiger partial charge in [-0.25, -0.2) is 4.98 Å². The number of carbonyl (C=O) groups excluding carboxylic acids is 1. The first-order chi connectivity index (χ1) is 11.7. The lowest BCUT2D eigenvalue weighted by molar-refractivity contribution is -0.117. The number of amides is 1. The number of anilines is 2. The van der Waals surface area contributed by atoms with Gasteiger partial charge in [-0.1, -0.05) is 13.0 Å². The van der Waals surface area contributed by atoms with Crippen molar-refractivity contribution < 1.29 is 4.79 Å². The Morgan fingerprint density at radius 1 is 1.25 bits per heavy atom. The van der Waals surface area contributed by atoms with E-state index in [2.05, 4.69) is 22.2 Å². The minimum Gasteiger partial charge on any atom is -0.363 e. The maximum Gasteiger partial charge on any atom is 0.224 e. The van der Waals surface area contributed by atoms with E-state index in [1.165, 1.54) is 12.8 Å². The number of hydrogen-bond donors (Lipinski definition) is 1. The van der Waals surface area contributed by atoms with Crippen molar-refractivity contribution in [3.8, 4) is 0 Å². The fourth-order valence-electron chi connectivity index (χ4n) is 4.01. The largest absolute Gasteiger partial charge is 0.363 e. The minimum atomic E-state index is 0.101. The van der Waals surface area contributed by atoms with Crippen molar-refractivity contribution in [3.63, 3.8) is 0 Å². The summed E-state index contributed by atoms with van der Waals surface area (Å²) in [7, 11) is 0. The molecule has 1 aliphatic carbocycles. The highest BCUT2D eigenvalue weighted by molar-refractivity contribution is 5.94. The zero-order chi connectivity index (χ0) is 16.7. The molecule has 2 aromatic rings. The molecule has 3 atom stereocenters. The Labute approximate surface area is 142 Å². The van der Waals surface area contributed by atoms with Crippen molar-refractivity contribution in [3.05, 3.63) is 48.4 Å². The predicted molar refractivity (Wildman–Crippen MR) is 93.7 cm³/mol. The molecule has 0 radical (unpaired) electrons. The van der Waals surface area contributed by atoms with Crippen LogP contribution in [-0.4, -0.2) is 21.9 Å². The van der Waals surface area contributed by atoms with Gasteiger partial charge in [0.1, 0.15) is 5.82 Å². The van der Waals surface area contributed by atoms with Gasteiger partial charge in [0.2, 0.25) is 5.91 Å². The SMILES string of the molecule is CC(=O)N1c2cnccc2C(Nc2ccccn2)[C@@H](C)[C@@H]1C1CC1. The smallest absolute Gasteiger partial charge is 0.224 e. The monoisotopic (exact) mass is 322 g/mol. The first kappa shape index (κ1) is 15.1. The van der Waals surface area contributed by atoms with Crippen LogP contribution in [0, 0.1) is 11.8 Å². The summed E-state index contributed by atoms with van der Waals surface area (Å²) in [5.74, 6) is 1.86. The van der Waals surface area contributed by atoms with Gasteiger partial charge in [0.05, 0.1) is 17.9 Å². The van der Waals surface area contributed by atoms with E-state index in [1.807, 2.05) is 35.4 Å². The minimum absolute atomic E-state index is 0.101. The highest BCUT2D eigenvalue weighted by atomic mass is 16.2. The molecular weight excluding hydrogens is 300 g/mol. The highest BCUT2D eigenvalue weighted by Crippen LogP contribution is 2.49. The normalized spacial score (nSPS) is 25.9. The van der Waals surface area contributed by atoms with Gasteiger partial charge in [0.25, 0.3) is 0 Å². The van der Waals surface area contributed by atoms with Crippen LogP contribution in [0.5, 0.6) is 0 Å². The lowest BCUT2D eigenvalue weighted by Crippen LogP contribution is -2.51. The van der Waals surface area contributed by atoms with Crippen LogP contribution in [0.1, 0.15) is 38.3 Å². The molecule has 124 valence electrons. The maximum atomic E-state index is 12.4. The summed E-state index contributed by atoms with van der Waals surface area (Å²) >= 11 is 0. The van der Waals surface area contributed by atoms with Crippen molar-refractivity contribution in [1.82, 2.24) is 9.97 Å². The summed E-state index contributed by atoms with van der Waals surface area (Å²) in [6, 6.07) is 8.25. The van der Waals surface area contributed by atoms with E-state index in [1.54, 1.807) is 19.3 Å². The lowest BCUT2D eigenvalue weighted by atomic mass is 9.80. The second-order valence-electron chi connectivity index (χ2n) is 6.85. The number of nitrogens with zero attached hydrogens (tertiary/aromatic N) is 3. The molecule has 1 fully saturated rings. The summed E-state index contributed by atoms with van der Waals surface area (Å²) in [5.41, 5.74) is 2.06. The van der Waals surface area contributed by atoms with Gasteiger partial charge in [-0.05, 0) is 37.0 Å². The molecule has 0 bridgehead atoms. The Bertz CT molecular complexity index is 744. The molecule has 2 aromatic heterocycles. The van der Waals surface area contributed by atoms with Crippen molar-refractivity contribution in [2.45, 2.75) is 38.8 Å². The van der Waals surface area contributed by atoms with Crippen molar-refractivity contribution in [2.75, 3.05) is 10.2 Å². The molecule has 1 unspecified atom stereocenters. The zero-order valence-corrected chi connectivity index (χ0v) is 14.0. The molecule has 2 aliphatic rings. The molecule has 24 heavy (non-hydrogen) atoms. The zero-order valence-electron chi connectivity index (χ0n) is 14.0. The van der Waals surface area contributed by atoms with Crippen LogP contribution in [0.3, 0.4) is 0 Å². The molecule has 4 rings (SSSR count). The molecule has 0 saturated heterocycles. The lowest BCUT2D eigenvalue weighted by Gasteiger charge is -2.45. The Morgan fingerprint density at radius 2 is 2.08 bits per heavy atom. The van der Waals surface area contributed by atoms with E-state index in [-0.39, 0.29) is 18.0 Å². The van der Waals surface area contributed by atoms with Crippen molar-refractivity contribution in [1.29, 1.82) is 0 Å². The van der Waals surface area contributed by atoms with Crippen LogP contribution in [0.2, 0.25) is 0 Å². The van der Waals surface area contributed by atoms with Gasteiger partial charge < -0.3 is 10.2 Å². The van der Waals surface area contributed by atoms with Crippen molar-refractivity contribution in [2.24, 2.45) is 11.8 Å². The van der Waals surface area contributed by atoms with E-state index < -0.39 is 0 Å². The third kappa shape index (κ3) is 2.54. The van der Waals surface area contributed by atoms with E-state index in [4.69, 9.17) is 0 Å². The van der Waals surface area contributed by atoms with Gasteiger partial charge in [0, 0.05) is 36.8 Å². The standard InChI is InChI=1S/C19H22N4O/c1-12-18(22-17-5-3-4-9-21-17)15-8-10-20-11-16(15)23(13(2)24)19(12)14-6-7-14/h3-5,8-12,14,18-19H,6-7H2,1-2H3,(H,21,22)/t12-,18?,19-/m1/s1. The number of hydrogen-bond acceptors (Lipinski definition) is 4. The maximum absolute atomic E-state index is 12.4. The second kappa shape index (κ2) is 5.89. The molecular formula is C19H22N4O. The Balaban J connectivity index is 1.78. The van der Waals surface area contributed by atoms with Crippen molar-refractivity contribution >= 4 is 17.4 Å². The summed E-state index contributed by atoms with van der Waals surface area (Å²) < 4.78 is 0. The van der Waals surface area contributed by atoms with Crippen LogP contribution in [0.25, 0.3) is 0 Å². The predicted octanol–water partition coefficient (Wildman–Crippen LogP) is 3.41. The first-order valence-electron chi connectivity index (χ1n) is 8.58. The third-order valence-electron chi connectivity index (χ3n) is 5.20. The second-order valence-corrected chi connectivity index (χ2v) is 6.85. The van der Waals surface area contributed by atoms with Gasteiger partial charge in [-0.2, -0.15) is 0 Å². The average Bonchev–Trinajstić information content (AvgIpc) is 3.42. The van der Waals surface area contributed by atoms with Crippen LogP contribution < -0.4 is 10.2 Å². The Hall–Kier alpha value is -2.43. The summed E-state index contributed by atoms with van der Waals surface area (Å²) in [6.07, 6.45) is 7.82. The fraction of sp³-hybridized carbons (Fsp3) is 0.421. The Kier molecular flexibility index (Phi) is 3.71. The molecule has 1 saturated carbocycles. The summed E-state index contributed by atoms with van der Waals surface area (Å²) in [5, 5.41) is 3.58. The third-order valence-corrected chi connectivity index (χ3v) is 5.20. The molecule has 3 heterocycles. The Morgan fingerprint density at radius 3 is 2.75 bits per heavy atom. The number of nitrogens with one attached hydrogen (secondary N) is 1. The van der Waals surface area contributed by atoms with Crippen LogP contribution >= 0.6 is 0 Å². The van der Waals surface area contributed by atoms with Gasteiger partial charge in [-0.15, -0.1) is 0 Å². The topological polar surface area (TPSA) is 58.1 Å². The molecule has 0 aromatic carbocycles. The molecule has 5 nitrogen and oxygen atoms in total. The molecule has 5 heteroatoms. The molecule has 1 aliphatic heterocycles. The van der Waals surface area contributed by atoms with Crippen LogP contribution in [-0.2, 0) is 4.79 Å². The molecule has 1 N–H and O–H groups in total. The molecule has 1 amide bonds. The number of rotatable bonds is 3. The summed E-state index contributed by atoms with van der Waals surface area (Å²) in [4.78, 5) is 23.0. The molecule has 0 spiro atoms. The highest BCUT2D eigenvalue weighted by Gasteiger charge is 2.47. The fourth-order valence-corrected chi connectivity index (χ4v) is 4.01. The average molecular weight is 322 g/mol. The number of pyridine rings is 2. The van der Waals surface area contributed by atoms with Crippen LogP contribution in [0.4, 0.5) is 11.5 Å². The van der Waals surface area contributed by atoms with Gasteiger partial charge in [0.15, 0.2) is 0 Å². The quantitative estimate of drug-likeness (QED) is 0.941. The van der Waals surface area contributed by atoms with E-state index in [9.17, 15) is 4.79 Å². The number of aromatic nitrogens is 2. The van der Waals surface area contributed by atoms with E-state index >= 15 is 0 Å². The first-order valence-corrected chi connectivity index (χ1v) is 8.58. The van der Waals surface area contributed by atoms with E-state index in [0.29, 0.717) is 11.8 Å². The number of fused-ring (bicyclic) bond motifs is 1. The number of carbonyl (C=O) groups is 1. The van der Waals surface area contributed by atoms with Gasteiger partial charge >= 0.3 is 0 Å².